The first kappa shape index (κ1) is 16.2. The molecule has 0 bridgehead atoms. The van der Waals surface area contributed by atoms with E-state index in [1.807, 2.05) is 6.92 Å². The van der Waals surface area contributed by atoms with E-state index in [0.29, 0.717) is 6.42 Å². The van der Waals surface area contributed by atoms with Gasteiger partial charge in [-0.05, 0) is 19.4 Å². The summed E-state index contributed by atoms with van der Waals surface area (Å²) < 4.78 is 10.3. The molecule has 0 aliphatic carbocycles. The van der Waals surface area contributed by atoms with Crippen LogP contribution in [0.4, 0.5) is 0 Å². The predicted molar refractivity (Wildman–Crippen MR) is 69.6 cm³/mol. The van der Waals surface area contributed by atoms with Crippen LogP contribution in [0.15, 0.2) is 37.5 Å². The Kier molecular flexibility index (Phi) is 6.71. The van der Waals surface area contributed by atoms with E-state index in [9.17, 15) is 9.59 Å². The second-order valence-corrected chi connectivity index (χ2v) is 3.91. The molecule has 0 radical (unpaired) electrons. The zero-order chi connectivity index (χ0) is 14.2. The maximum absolute atomic E-state index is 11.6. The van der Waals surface area contributed by atoms with E-state index < -0.39 is 17.7 Å². The Hall–Kier alpha value is -1.84. The Morgan fingerprint density at radius 1 is 1.28 bits per heavy atom. The summed E-state index contributed by atoms with van der Waals surface area (Å²) in [6.07, 6.45) is 4.26. The SMILES string of the molecule is C=CC(=O)OC(C=C)(CCCC)OC(=O)C(=C)C. The van der Waals surface area contributed by atoms with Crippen molar-refractivity contribution in [2.24, 2.45) is 0 Å². The normalized spacial score (nSPS) is 13.0. The molecule has 4 nitrogen and oxygen atoms in total. The van der Waals surface area contributed by atoms with Gasteiger partial charge in [-0.2, -0.15) is 0 Å². The second kappa shape index (κ2) is 7.48. The lowest BCUT2D eigenvalue weighted by Gasteiger charge is -2.29. The first-order valence-corrected chi connectivity index (χ1v) is 5.78. The number of unbranched alkanes of at least 4 members (excludes halogenated alkanes) is 1. The van der Waals surface area contributed by atoms with Crippen molar-refractivity contribution >= 4 is 11.9 Å². The third-order valence-corrected chi connectivity index (χ3v) is 2.24. The molecule has 0 aliphatic rings. The quantitative estimate of drug-likeness (QED) is 0.288. The van der Waals surface area contributed by atoms with Crippen molar-refractivity contribution in [3.63, 3.8) is 0 Å². The molecule has 0 N–H and O–H groups in total. The lowest BCUT2D eigenvalue weighted by Crippen LogP contribution is -2.38. The van der Waals surface area contributed by atoms with Gasteiger partial charge in [0.15, 0.2) is 0 Å². The van der Waals surface area contributed by atoms with Gasteiger partial charge in [0.1, 0.15) is 0 Å². The fourth-order valence-corrected chi connectivity index (χ4v) is 1.19. The summed E-state index contributed by atoms with van der Waals surface area (Å²) in [6, 6.07) is 0. The highest BCUT2D eigenvalue weighted by molar-refractivity contribution is 5.87. The van der Waals surface area contributed by atoms with Crippen LogP contribution >= 0.6 is 0 Å². The van der Waals surface area contributed by atoms with E-state index in [1.54, 1.807) is 0 Å². The van der Waals surface area contributed by atoms with Crippen LogP contribution in [0.5, 0.6) is 0 Å². The Bertz CT molecular complexity index is 357. The fourth-order valence-electron chi connectivity index (χ4n) is 1.19. The lowest BCUT2D eigenvalue weighted by molar-refractivity contribution is -0.207. The minimum absolute atomic E-state index is 0.229. The third-order valence-electron chi connectivity index (χ3n) is 2.24. The molecule has 0 spiro atoms. The molecule has 0 aromatic heterocycles. The highest BCUT2D eigenvalue weighted by Crippen LogP contribution is 2.24. The van der Waals surface area contributed by atoms with Gasteiger partial charge in [0.05, 0.1) is 0 Å². The molecule has 0 saturated heterocycles. The van der Waals surface area contributed by atoms with Crippen molar-refractivity contribution in [3.05, 3.63) is 37.5 Å². The number of carbonyl (C=O) groups excluding carboxylic acids is 2. The van der Waals surface area contributed by atoms with Crippen LogP contribution < -0.4 is 0 Å². The van der Waals surface area contributed by atoms with E-state index in [1.165, 1.54) is 13.0 Å². The smallest absolute Gasteiger partial charge is 0.336 e. The first-order valence-electron chi connectivity index (χ1n) is 5.78. The standard InChI is InChI=1S/C14H20O4/c1-6-9-10-14(8-3,17-12(15)7-2)18-13(16)11(4)5/h7-8H,2-4,6,9-10H2,1,5H3. The molecule has 0 rings (SSSR count). The molecule has 0 aliphatic heterocycles. The summed E-state index contributed by atoms with van der Waals surface area (Å²) in [5.41, 5.74) is 0.229. The van der Waals surface area contributed by atoms with Crippen molar-refractivity contribution in [1.29, 1.82) is 0 Å². The van der Waals surface area contributed by atoms with Gasteiger partial charge < -0.3 is 9.47 Å². The first-order chi connectivity index (χ1) is 8.40. The Morgan fingerprint density at radius 2 is 1.89 bits per heavy atom. The molecule has 18 heavy (non-hydrogen) atoms. The van der Waals surface area contributed by atoms with Crippen LogP contribution in [0.2, 0.25) is 0 Å². The summed E-state index contributed by atoms with van der Waals surface area (Å²) >= 11 is 0. The number of hydrogen-bond donors (Lipinski definition) is 0. The monoisotopic (exact) mass is 252 g/mol. The summed E-state index contributed by atoms with van der Waals surface area (Å²) in [5.74, 6) is -2.74. The van der Waals surface area contributed by atoms with Crippen molar-refractivity contribution in [2.75, 3.05) is 0 Å². The van der Waals surface area contributed by atoms with Crippen LogP contribution in [0, 0.1) is 0 Å². The average molecular weight is 252 g/mol. The topological polar surface area (TPSA) is 52.6 Å². The zero-order valence-corrected chi connectivity index (χ0v) is 11.0. The Morgan fingerprint density at radius 3 is 2.28 bits per heavy atom. The maximum Gasteiger partial charge on any atom is 0.336 e. The lowest BCUT2D eigenvalue weighted by atomic mass is 10.1. The van der Waals surface area contributed by atoms with E-state index in [0.717, 1.165) is 18.9 Å². The summed E-state index contributed by atoms with van der Waals surface area (Å²) in [7, 11) is 0. The number of rotatable bonds is 8. The van der Waals surface area contributed by atoms with Crippen molar-refractivity contribution in [1.82, 2.24) is 0 Å². The maximum atomic E-state index is 11.6. The van der Waals surface area contributed by atoms with Gasteiger partial charge in [0.2, 0.25) is 0 Å². The fraction of sp³-hybridized carbons (Fsp3) is 0.429. The van der Waals surface area contributed by atoms with Gasteiger partial charge in [-0.25, -0.2) is 9.59 Å². The summed E-state index contributed by atoms with van der Waals surface area (Å²) in [5, 5.41) is 0. The minimum atomic E-state index is -1.45. The van der Waals surface area contributed by atoms with Crippen LogP contribution in [0.25, 0.3) is 0 Å². The van der Waals surface area contributed by atoms with Crippen LogP contribution in [0.1, 0.15) is 33.1 Å². The molecule has 100 valence electrons. The van der Waals surface area contributed by atoms with Crippen molar-refractivity contribution < 1.29 is 19.1 Å². The van der Waals surface area contributed by atoms with Crippen LogP contribution in [-0.4, -0.2) is 17.7 Å². The van der Waals surface area contributed by atoms with E-state index in [2.05, 4.69) is 19.7 Å². The van der Waals surface area contributed by atoms with Gasteiger partial charge in [0.25, 0.3) is 5.79 Å². The molecule has 0 aromatic rings. The summed E-state index contributed by atoms with van der Waals surface area (Å²) in [6.45, 7) is 13.9. The molecule has 4 heteroatoms. The zero-order valence-electron chi connectivity index (χ0n) is 11.0. The number of hydrogen-bond acceptors (Lipinski definition) is 4. The highest BCUT2D eigenvalue weighted by atomic mass is 16.7. The minimum Gasteiger partial charge on any atom is -0.415 e. The Labute approximate surface area is 108 Å². The van der Waals surface area contributed by atoms with Crippen molar-refractivity contribution in [2.45, 2.75) is 38.9 Å². The van der Waals surface area contributed by atoms with Gasteiger partial charge in [-0.3, -0.25) is 0 Å². The van der Waals surface area contributed by atoms with Crippen LogP contribution in [-0.2, 0) is 19.1 Å². The molecule has 0 saturated carbocycles. The molecular weight excluding hydrogens is 232 g/mol. The largest absolute Gasteiger partial charge is 0.415 e. The number of ether oxygens (including phenoxy) is 2. The van der Waals surface area contributed by atoms with Gasteiger partial charge in [-0.15, -0.1) is 0 Å². The van der Waals surface area contributed by atoms with Gasteiger partial charge in [-0.1, -0.05) is 33.1 Å². The molecule has 0 fully saturated rings. The van der Waals surface area contributed by atoms with E-state index in [-0.39, 0.29) is 5.57 Å². The molecule has 0 amide bonds. The molecular formula is C14H20O4. The second-order valence-electron chi connectivity index (χ2n) is 3.91. The van der Waals surface area contributed by atoms with E-state index >= 15 is 0 Å². The molecule has 0 aromatic carbocycles. The van der Waals surface area contributed by atoms with Crippen molar-refractivity contribution in [3.8, 4) is 0 Å². The third kappa shape index (κ3) is 4.99. The van der Waals surface area contributed by atoms with Gasteiger partial charge in [0, 0.05) is 18.1 Å². The number of esters is 2. The summed E-state index contributed by atoms with van der Waals surface area (Å²) in [4.78, 5) is 22.9. The molecule has 1 atom stereocenters. The average Bonchev–Trinajstić information content (AvgIpc) is 2.35. The number of carbonyl (C=O) groups is 2. The van der Waals surface area contributed by atoms with Crippen LogP contribution in [0.3, 0.4) is 0 Å². The predicted octanol–water partition coefficient (Wildman–Crippen LogP) is 2.91. The molecule has 0 heterocycles. The van der Waals surface area contributed by atoms with E-state index in [4.69, 9.17) is 9.47 Å². The van der Waals surface area contributed by atoms with Gasteiger partial charge >= 0.3 is 11.9 Å². The molecule has 1 unspecified atom stereocenters. The Balaban J connectivity index is 5.01. The highest BCUT2D eigenvalue weighted by Gasteiger charge is 2.34.